The van der Waals surface area contributed by atoms with E-state index in [0.717, 1.165) is 73.8 Å². The third-order valence-electron chi connectivity index (χ3n) is 15.7. The Morgan fingerprint density at radius 3 is 1.51 bits per heavy atom. The highest BCUT2D eigenvalue weighted by molar-refractivity contribution is 8.00. The van der Waals surface area contributed by atoms with Crippen LogP contribution in [0.2, 0.25) is 0 Å². The van der Waals surface area contributed by atoms with Gasteiger partial charge in [0.2, 0.25) is 11.8 Å². The molecule has 24 nitrogen and oxygen atoms in total. The molecular formula is C68H110N6O18S. The Bertz CT molecular complexity index is 2430. The average molecular weight is 1330 g/mol. The number of fused-ring (bicyclic) bond motifs is 1. The molecule has 2 saturated heterocycles. The molecule has 0 bridgehead atoms. The first-order valence-electron chi connectivity index (χ1n) is 33.8. The summed E-state index contributed by atoms with van der Waals surface area (Å²) in [6, 6.07) is 17.4. The standard InChI is InChI=1S/C68H110N6O18S/c1-67(2,3)91-65(78)71-55-19-21-56(22-20-55)74(66(79)92-68(4,5)6)59-49-57(59)53-17-15-52(16-18-53)54-11-9-10-51(48-54)14-23-62(76)70-25-27-81-29-31-83-33-35-85-37-39-87-41-43-89-45-47-90-46-44-88-42-40-86-38-36-84-34-32-82-30-28-80-26-24-69-61(75)13-8-7-12-60-63-58(50-93-60)72-64(77)73-63/h9-11,15-18,48,55-60,63H,7-8,12-14,19-47,49-50H2,1-6H3,(H,69,75)(H,70,76)(H,71,78)(H2,72,73,77)/t55-,56-,57-,58-,59+,60-,63-/m0/s1. The van der Waals surface area contributed by atoms with Crippen molar-refractivity contribution in [2.75, 3.05) is 164 Å². The summed E-state index contributed by atoms with van der Waals surface area (Å²) in [4.78, 5) is 64.5. The van der Waals surface area contributed by atoms with Crippen molar-refractivity contribution >= 4 is 41.8 Å². The number of carbonyl (C=O) groups is 5. The van der Waals surface area contributed by atoms with Gasteiger partial charge in [-0.1, -0.05) is 55.0 Å². The lowest BCUT2D eigenvalue weighted by atomic mass is 9.90. The van der Waals surface area contributed by atoms with Crippen molar-refractivity contribution in [2.45, 2.75) is 165 Å². The molecule has 4 fully saturated rings. The number of ether oxygens (including phenoxy) is 13. The topological polar surface area (TPSA) is 269 Å². The SMILES string of the molecule is CC(C)(C)OC(=O)N[C@H]1CC[C@H](N(C(=O)OC(C)(C)C)[C@@H]2C[C@H]2c2ccc(-c3cccc(CCC(=O)NCCOCCOCCOCCOCCOCCOCCOCCOCCOCCOCCOCCNC(=O)CCCC[C@@H]4SC[C@@H]5NC(=O)N[C@@H]54)c3)cc2)CC1. The fourth-order valence-electron chi connectivity index (χ4n) is 11.1. The number of amides is 6. The summed E-state index contributed by atoms with van der Waals surface area (Å²) in [5.41, 5.74) is 3.27. The summed E-state index contributed by atoms with van der Waals surface area (Å²) in [6.45, 7) is 22.1. The van der Waals surface area contributed by atoms with Gasteiger partial charge in [0.25, 0.3) is 0 Å². The molecule has 4 aliphatic rings. The van der Waals surface area contributed by atoms with Crippen LogP contribution in [0.5, 0.6) is 0 Å². The van der Waals surface area contributed by atoms with Gasteiger partial charge in [-0.05, 0) is 115 Å². The molecule has 5 N–H and O–H groups in total. The monoisotopic (exact) mass is 1330 g/mol. The number of nitrogens with zero attached hydrogens (tertiary/aromatic N) is 1. The summed E-state index contributed by atoms with van der Waals surface area (Å²) in [5, 5.41) is 15.3. The van der Waals surface area contributed by atoms with Crippen molar-refractivity contribution in [1.82, 2.24) is 31.5 Å². The van der Waals surface area contributed by atoms with Crippen molar-refractivity contribution in [3.8, 4) is 11.1 Å². The lowest BCUT2D eigenvalue weighted by Crippen LogP contribution is -2.49. The van der Waals surface area contributed by atoms with Gasteiger partial charge >= 0.3 is 18.2 Å². The van der Waals surface area contributed by atoms with Crippen LogP contribution in [0, 0.1) is 0 Å². The summed E-state index contributed by atoms with van der Waals surface area (Å²) in [6.07, 6.45) is 7.55. The molecule has 25 heteroatoms. The van der Waals surface area contributed by atoms with E-state index >= 15 is 0 Å². The van der Waals surface area contributed by atoms with Crippen molar-refractivity contribution in [3.05, 3.63) is 59.7 Å². The van der Waals surface area contributed by atoms with Crippen LogP contribution in [0.25, 0.3) is 11.1 Å². The molecular weight excluding hydrogens is 1220 g/mol. The third kappa shape index (κ3) is 33.1. The predicted molar refractivity (Wildman–Crippen MR) is 354 cm³/mol. The highest BCUT2D eigenvalue weighted by atomic mass is 32.2. The number of urea groups is 1. The fraction of sp³-hybridized carbons (Fsp3) is 0.750. The first kappa shape index (κ1) is 77.1. The van der Waals surface area contributed by atoms with Crippen LogP contribution in [0.1, 0.15) is 123 Å². The molecule has 5 atom stereocenters. The normalized spacial score (nSPS) is 20.2. The number of rotatable bonds is 49. The molecule has 0 spiro atoms. The summed E-state index contributed by atoms with van der Waals surface area (Å²) in [7, 11) is 0. The molecule has 0 unspecified atom stereocenters. The van der Waals surface area contributed by atoms with E-state index in [1.54, 1.807) is 0 Å². The van der Waals surface area contributed by atoms with Gasteiger partial charge in [-0.25, -0.2) is 14.4 Å². The van der Waals surface area contributed by atoms with Gasteiger partial charge in [0.15, 0.2) is 0 Å². The molecule has 2 heterocycles. The Kier molecular flexibility index (Phi) is 36.5. The summed E-state index contributed by atoms with van der Waals surface area (Å²) >= 11 is 1.90. The average Bonchev–Trinajstić information content (AvgIpc) is 1.62. The summed E-state index contributed by atoms with van der Waals surface area (Å²) in [5.74, 6) is 1.17. The minimum Gasteiger partial charge on any atom is -0.444 e. The molecule has 6 amide bonds. The van der Waals surface area contributed by atoms with E-state index in [4.69, 9.17) is 61.6 Å². The highest BCUT2D eigenvalue weighted by Gasteiger charge is 2.49. The van der Waals surface area contributed by atoms with Crippen LogP contribution < -0.4 is 26.6 Å². The van der Waals surface area contributed by atoms with Gasteiger partial charge in [-0.2, -0.15) is 11.8 Å². The molecule has 2 aliphatic carbocycles. The van der Waals surface area contributed by atoms with Crippen LogP contribution >= 0.6 is 11.8 Å². The highest BCUT2D eigenvalue weighted by Crippen LogP contribution is 2.48. The Morgan fingerprint density at radius 1 is 0.548 bits per heavy atom. The molecule has 2 aliphatic heterocycles. The van der Waals surface area contributed by atoms with Crippen LogP contribution in [-0.2, 0) is 77.6 Å². The Labute approximate surface area is 556 Å². The number of hydrogen-bond donors (Lipinski definition) is 5. The molecule has 0 radical (unpaired) electrons. The smallest absolute Gasteiger partial charge is 0.410 e. The van der Waals surface area contributed by atoms with E-state index in [-0.39, 0.29) is 60.1 Å². The first-order chi connectivity index (χ1) is 45.0. The van der Waals surface area contributed by atoms with E-state index in [1.165, 1.54) is 5.56 Å². The number of carbonyl (C=O) groups excluding carboxylic acids is 5. The van der Waals surface area contributed by atoms with E-state index in [9.17, 15) is 24.0 Å². The van der Waals surface area contributed by atoms with Gasteiger partial charge in [-0.3, -0.25) is 9.59 Å². The van der Waals surface area contributed by atoms with Gasteiger partial charge in [0.05, 0.1) is 157 Å². The molecule has 2 aromatic carbocycles. The van der Waals surface area contributed by atoms with E-state index in [2.05, 4.69) is 63.0 Å². The Balaban J connectivity index is 0.635. The van der Waals surface area contributed by atoms with Crippen LogP contribution in [0.4, 0.5) is 14.4 Å². The number of thioether (sulfide) groups is 1. The van der Waals surface area contributed by atoms with E-state index in [1.807, 2.05) is 70.3 Å². The van der Waals surface area contributed by atoms with E-state index in [0.29, 0.717) is 183 Å². The molecule has 93 heavy (non-hydrogen) atoms. The largest absolute Gasteiger partial charge is 0.444 e. The Hall–Kier alpha value is -4.90. The van der Waals surface area contributed by atoms with Gasteiger partial charge in [0.1, 0.15) is 11.2 Å². The Morgan fingerprint density at radius 2 is 1.02 bits per heavy atom. The van der Waals surface area contributed by atoms with Gasteiger partial charge in [-0.15, -0.1) is 0 Å². The van der Waals surface area contributed by atoms with Crippen LogP contribution in [0.3, 0.4) is 0 Å². The lowest BCUT2D eigenvalue weighted by Gasteiger charge is -2.38. The number of benzene rings is 2. The zero-order valence-electron chi connectivity index (χ0n) is 56.3. The van der Waals surface area contributed by atoms with E-state index < -0.39 is 17.3 Å². The molecule has 2 saturated carbocycles. The molecule has 0 aromatic heterocycles. The molecule has 526 valence electrons. The second kappa shape index (κ2) is 44.0. The zero-order valence-corrected chi connectivity index (χ0v) is 57.1. The quantitative estimate of drug-likeness (QED) is 0.0320. The second-order valence-corrected chi connectivity index (χ2v) is 26.8. The van der Waals surface area contributed by atoms with Gasteiger partial charge in [0, 0.05) is 61.0 Å². The zero-order chi connectivity index (χ0) is 66.4. The van der Waals surface area contributed by atoms with Crippen LogP contribution in [0.15, 0.2) is 48.5 Å². The van der Waals surface area contributed by atoms with Crippen molar-refractivity contribution in [2.24, 2.45) is 0 Å². The number of hydrogen-bond acceptors (Lipinski definition) is 19. The number of nitrogens with one attached hydrogen (secondary N) is 5. The van der Waals surface area contributed by atoms with Crippen molar-refractivity contribution in [1.29, 1.82) is 0 Å². The molecule has 6 rings (SSSR count). The summed E-state index contributed by atoms with van der Waals surface area (Å²) < 4.78 is 72.6. The maximum atomic E-state index is 13.7. The second-order valence-electron chi connectivity index (χ2n) is 25.6. The minimum absolute atomic E-state index is 0.00813. The van der Waals surface area contributed by atoms with Crippen molar-refractivity contribution in [3.63, 3.8) is 0 Å². The maximum Gasteiger partial charge on any atom is 0.410 e. The lowest BCUT2D eigenvalue weighted by molar-refractivity contribution is -0.122. The third-order valence-corrected chi connectivity index (χ3v) is 17.2. The minimum atomic E-state index is -0.613. The maximum absolute atomic E-state index is 13.7. The predicted octanol–water partition coefficient (Wildman–Crippen LogP) is 7.36. The first-order valence-corrected chi connectivity index (χ1v) is 34.8. The van der Waals surface area contributed by atoms with Crippen LogP contribution in [-0.4, -0.2) is 246 Å². The fourth-order valence-corrected chi connectivity index (χ4v) is 12.6. The van der Waals surface area contributed by atoms with Gasteiger partial charge < -0.3 is 93.1 Å². The number of unbranched alkanes of at least 4 members (excludes halogenated alkanes) is 1. The number of aryl methyl sites for hydroxylation is 1. The van der Waals surface area contributed by atoms with Crippen molar-refractivity contribution < 1.29 is 85.6 Å². The molecule has 2 aromatic rings. The number of alkyl carbamates (subject to hydrolysis) is 1.